The highest BCUT2D eigenvalue weighted by molar-refractivity contribution is 7.89. The average molecular weight is 496 g/mol. The third kappa shape index (κ3) is 5.40. The molecular formula is C22H26ClN3O6S. The Morgan fingerprint density at radius 3 is 2.30 bits per heavy atom. The normalized spacial score (nSPS) is 15.6. The van der Waals surface area contributed by atoms with Crippen LogP contribution in [0.25, 0.3) is 0 Å². The summed E-state index contributed by atoms with van der Waals surface area (Å²) in [5.41, 5.74) is 0.280. The van der Waals surface area contributed by atoms with Crippen LogP contribution in [0.5, 0.6) is 11.5 Å². The first-order valence-corrected chi connectivity index (χ1v) is 12.1. The van der Waals surface area contributed by atoms with E-state index in [0.717, 1.165) is 0 Å². The zero-order valence-electron chi connectivity index (χ0n) is 18.6. The number of hydrogen-bond acceptors (Lipinski definition) is 6. The number of benzene rings is 2. The third-order valence-electron chi connectivity index (χ3n) is 5.38. The van der Waals surface area contributed by atoms with E-state index in [-0.39, 0.29) is 48.3 Å². The first kappa shape index (κ1) is 24.8. The predicted octanol–water partition coefficient (Wildman–Crippen LogP) is 2.01. The van der Waals surface area contributed by atoms with Crippen LogP contribution in [-0.4, -0.2) is 75.9 Å². The summed E-state index contributed by atoms with van der Waals surface area (Å²) in [5, 5.41) is 2.95. The highest BCUT2D eigenvalue weighted by atomic mass is 35.5. The second-order valence-corrected chi connectivity index (χ2v) is 9.73. The van der Waals surface area contributed by atoms with Gasteiger partial charge in [0.05, 0.1) is 24.8 Å². The molecule has 0 radical (unpaired) electrons. The van der Waals surface area contributed by atoms with E-state index in [9.17, 15) is 18.0 Å². The Balaban J connectivity index is 1.65. The Kier molecular flexibility index (Phi) is 7.83. The lowest BCUT2D eigenvalue weighted by molar-refractivity contribution is -0.134. The van der Waals surface area contributed by atoms with Crippen molar-refractivity contribution in [3.05, 3.63) is 53.1 Å². The molecule has 1 aliphatic rings. The fourth-order valence-electron chi connectivity index (χ4n) is 3.53. The van der Waals surface area contributed by atoms with Crippen LogP contribution in [0, 0.1) is 0 Å². The van der Waals surface area contributed by atoms with Crippen LogP contribution in [0.15, 0.2) is 47.4 Å². The maximum absolute atomic E-state index is 13.2. The van der Waals surface area contributed by atoms with Gasteiger partial charge < -0.3 is 19.7 Å². The van der Waals surface area contributed by atoms with Crippen molar-refractivity contribution in [2.75, 3.05) is 40.4 Å². The van der Waals surface area contributed by atoms with E-state index in [0.29, 0.717) is 10.8 Å². The van der Waals surface area contributed by atoms with Crippen LogP contribution in [0.1, 0.15) is 17.3 Å². The molecule has 0 aliphatic carbocycles. The summed E-state index contributed by atoms with van der Waals surface area (Å²) in [6, 6.07) is 10.3. The molecule has 2 amide bonds. The van der Waals surface area contributed by atoms with Crippen molar-refractivity contribution >= 4 is 33.4 Å². The molecule has 1 N–H and O–H groups in total. The standard InChI is InChI=1S/C22H26ClN3O6S/c1-15(24-21(27)17-6-4-5-7-18(17)23)22(28)25-10-12-26(13-11-25)33(29,30)20-14-16(31-2)8-9-19(20)32-3/h4-9,14-15H,10-13H2,1-3H3,(H,24,27)/t15-/m0/s1. The first-order valence-electron chi connectivity index (χ1n) is 10.3. The van der Waals surface area contributed by atoms with E-state index in [2.05, 4.69) is 5.32 Å². The molecule has 0 saturated carbocycles. The van der Waals surface area contributed by atoms with Gasteiger partial charge in [-0.1, -0.05) is 23.7 Å². The Morgan fingerprint density at radius 2 is 1.70 bits per heavy atom. The van der Waals surface area contributed by atoms with E-state index in [1.165, 1.54) is 35.6 Å². The Bertz CT molecular complexity index is 1130. The smallest absolute Gasteiger partial charge is 0.253 e. The molecule has 2 aromatic carbocycles. The van der Waals surface area contributed by atoms with Gasteiger partial charge in [-0.3, -0.25) is 9.59 Å². The third-order valence-corrected chi connectivity index (χ3v) is 7.62. The number of methoxy groups -OCH3 is 2. The van der Waals surface area contributed by atoms with Crippen LogP contribution < -0.4 is 14.8 Å². The maximum Gasteiger partial charge on any atom is 0.253 e. The SMILES string of the molecule is COc1ccc(OC)c(S(=O)(=O)N2CCN(C(=O)[C@H](C)NC(=O)c3ccccc3Cl)CC2)c1. The van der Waals surface area contributed by atoms with E-state index < -0.39 is 22.0 Å². The van der Waals surface area contributed by atoms with E-state index in [1.807, 2.05) is 0 Å². The van der Waals surface area contributed by atoms with Gasteiger partial charge >= 0.3 is 0 Å². The molecular weight excluding hydrogens is 470 g/mol. The molecule has 0 bridgehead atoms. The van der Waals surface area contributed by atoms with E-state index in [4.69, 9.17) is 21.1 Å². The predicted molar refractivity (Wildman–Crippen MR) is 123 cm³/mol. The minimum atomic E-state index is -3.86. The van der Waals surface area contributed by atoms with Crippen molar-refractivity contribution in [2.24, 2.45) is 0 Å². The van der Waals surface area contributed by atoms with Crippen LogP contribution >= 0.6 is 11.6 Å². The lowest BCUT2D eigenvalue weighted by Crippen LogP contribution is -2.55. The average Bonchev–Trinajstić information content (AvgIpc) is 2.83. The van der Waals surface area contributed by atoms with Gasteiger partial charge in [-0.2, -0.15) is 4.31 Å². The van der Waals surface area contributed by atoms with Gasteiger partial charge in [0.15, 0.2) is 0 Å². The summed E-state index contributed by atoms with van der Waals surface area (Å²) in [6.07, 6.45) is 0. The van der Waals surface area contributed by atoms with Gasteiger partial charge in [0.25, 0.3) is 5.91 Å². The number of amides is 2. The monoisotopic (exact) mass is 495 g/mol. The van der Waals surface area contributed by atoms with Crippen molar-refractivity contribution < 1.29 is 27.5 Å². The van der Waals surface area contributed by atoms with Gasteiger partial charge in [-0.15, -0.1) is 0 Å². The number of rotatable bonds is 7. The van der Waals surface area contributed by atoms with Crippen LogP contribution in [0.3, 0.4) is 0 Å². The van der Waals surface area contributed by atoms with Crippen molar-refractivity contribution in [1.82, 2.24) is 14.5 Å². The number of nitrogens with one attached hydrogen (secondary N) is 1. The molecule has 1 fully saturated rings. The Morgan fingerprint density at radius 1 is 1.03 bits per heavy atom. The molecule has 1 heterocycles. The number of halogens is 1. The molecule has 11 heteroatoms. The molecule has 178 valence electrons. The largest absolute Gasteiger partial charge is 0.497 e. The Hall–Kier alpha value is -2.82. The van der Waals surface area contributed by atoms with Gasteiger partial charge in [-0.25, -0.2) is 8.42 Å². The summed E-state index contributed by atoms with van der Waals surface area (Å²) in [4.78, 5) is 26.8. The molecule has 1 aliphatic heterocycles. The molecule has 1 atom stereocenters. The Labute approximate surface area is 198 Å². The van der Waals surface area contributed by atoms with Crippen molar-refractivity contribution in [1.29, 1.82) is 0 Å². The topological polar surface area (TPSA) is 105 Å². The number of nitrogens with zero attached hydrogens (tertiary/aromatic N) is 2. The zero-order chi connectivity index (χ0) is 24.2. The molecule has 3 rings (SSSR count). The van der Waals surface area contributed by atoms with Crippen LogP contribution in [0.4, 0.5) is 0 Å². The van der Waals surface area contributed by atoms with Gasteiger partial charge in [0, 0.05) is 32.2 Å². The zero-order valence-corrected chi connectivity index (χ0v) is 20.1. The molecule has 9 nitrogen and oxygen atoms in total. The molecule has 0 unspecified atom stereocenters. The first-order chi connectivity index (χ1) is 15.7. The van der Waals surface area contributed by atoms with Gasteiger partial charge in [0.1, 0.15) is 22.4 Å². The molecule has 33 heavy (non-hydrogen) atoms. The number of ether oxygens (including phenoxy) is 2. The van der Waals surface area contributed by atoms with Gasteiger partial charge in [-0.05, 0) is 31.2 Å². The lowest BCUT2D eigenvalue weighted by atomic mass is 10.2. The molecule has 0 aromatic heterocycles. The number of piperazine rings is 1. The quantitative estimate of drug-likeness (QED) is 0.630. The van der Waals surface area contributed by atoms with Crippen LogP contribution in [-0.2, 0) is 14.8 Å². The second-order valence-electron chi connectivity index (χ2n) is 7.42. The number of sulfonamides is 1. The fourth-order valence-corrected chi connectivity index (χ4v) is 5.34. The minimum absolute atomic E-state index is 0.00416. The number of carbonyl (C=O) groups is 2. The summed E-state index contributed by atoms with van der Waals surface area (Å²) in [7, 11) is -1.01. The van der Waals surface area contributed by atoms with E-state index in [1.54, 1.807) is 37.3 Å². The van der Waals surface area contributed by atoms with Crippen molar-refractivity contribution in [2.45, 2.75) is 17.9 Å². The second kappa shape index (κ2) is 10.4. The minimum Gasteiger partial charge on any atom is -0.497 e. The molecule has 2 aromatic rings. The fraction of sp³-hybridized carbons (Fsp3) is 0.364. The van der Waals surface area contributed by atoms with Crippen LogP contribution in [0.2, 0.25) is 5.02 Å². The van der Waals surface area contributed by atoms with Gasteiger partial charge in [0.2, 0.25) is 15.9 Å². The summed E-state index contributed by atoms with van der Waals surface area (Å²) in [6.45, 7) is 2.19. The highest BCUT2D eigenvalue weighted by Gasteiger charge is 2.33. The molecule has 0 spiro atoms. The summed E-state index contributed by atoms with van der Waals surface area (Å²) in [5.74, 6) is -0.143. The number of hydrogen-bond donors (Lipinski definition) is 1. The highest BCUT2D eigenvalue weighted by Crippen LogP contribution is 2.31. The molecule has 1 saturated heterocycles. The van der Waals surface area contributed by atoms with Crippen molar-refractivity contribution in [3.63, 3.8) is 0 Å². The number of carbonyl (C=O) groups excluding carboxylic acids is 2. The van der Waals surface area contributed by atoms with Crippen molar-refractivity contribution in [3.8, 4) is 11.5 Å². The lowest BCUT2D eigenvalue weighted by Gasteiger charge is -2.35. The maximum atomic E-state index is 13.2. The summed E-state index contributed by atoms with van der Waals surface area (Å²) < 4.78 is 38.1. The van der Waals surface area contributed by atoms with E-state index >= 15 is 0 Å². The summed E-state index contributed by atoms with van der Waals surface area (Å²) >= 11 is 6.05.